The molecule has 0 spiro atoms. The molecule has 1 aromatic rings. The van der Waals surface area contributed by atoms with Crippen molar-refractivity contribution < 1.29 is 0 Å². The second-order valence-corrected chi connectivity index (χ2v) is 5.46. The zero-order valence-corrected chi connectivity index (χ0v) is 10.9. The zero-order valence-electron chi connectivity index (χ0n) is 9.28. The highest BCUT2D eigenvalue weighted by molar-refractivity contribution is 9.10. The summed E-state index contributed by atoms with van der Waals surface area (Å²) in [5.74, 6) is 0.792. The molecule has 82 valence electrons. The van der Waals surface area contributed by atoms with Crippen molar-refractivity contribution in [3.8, 4) is 0 Å². The van der Waals surface area contributed by atoms with Gasteiger partial charge in [-0.1, -0.05) is 6.92 Å². The summed E-state index contributed by atoms with van der Waals surface area (Å²) in [6, 6.07) is 2.79. The highest BCUT2D eigenvalue weighted by atomic mass is 79.9. The lowest BCUT2D eigenvalue weighted by Gasteiger charge is -2.38. The first-order chi connectivity index (χ1) is 7.16. The average molecular weight is 269 g/mol. The summed E-state index contributed by atoms with van der Waals surface area (Å²) in [6.45, 7) is 5.77. The Morgan fingerprint density at radius 3 is 2.87 bits per heavy atom. The fraction of sp³-hybridized carbons (Fsp3) is 0.583. The van der Waals surface area contributed by atoms with Crippen LogP contribution in [-0.4, -0.2) is 17.6 Å². The molecular formula is C12H17BrN2. The second kappa shape index (κ2) is 4.52. The monoisotopic (exact) mass is 268 g/mol. The van der Waals surface area contributed by atoms with Crippen molar-refractivity contribution in [1.29, 1.82) is 0 Å². The van der Waals surface area contributed by atoms with Gasteiger partial charge in [0.15, 0.2) is 0 Å². The van der Waals surface area contributed by atoms with Gasteiger partial charge in [0.05, 0.1) is 11.9 Å². The number of anilines is 1. The number of halogens is 1. The van der Waals surface area contributed by atoms with Gasteiger partial charge in [-0.2, -0.15) is 0 Å². The van der Waals surface area contributed by atoms with Crippen molar-refractivity contribution in [3.05, 3.63) is 22.9 Å². The van der Waals surface area contributed by atoms with Crippen LogP contribution in [0.15, 0.2) is 22.9 Å². The lowest BCUT2D eigenvalue weighted by atomic mass is 9.95. The fourth-order valence-electron chi connectivity index (χ4n) is 2.21. The zero-order chi connectivity index (χ0) is 10.8. The summed E-state index contributed by atoms with van der Waals surface area (Å²) in [7, 11) is 0. The first-order valence-corrected chi connectivity index (χ1v) is 6.33. The molecule has 0 amide bonds. The molecule has 1 aliphatic rings. The van der Waals surface area contributed by atoms with Crippen LogP contribution in [0.1, 0.15) is 26.7 Å². The van der Waals surface area contributed by atoms with Gasteiger partial charge in [0.25, 0.3) is 0 Å². The summed E-state index contributed by atoms with van der Waals surface area (Å²) in [5.41, 5.74) is 1.24. The van der Waals surface area contributed by atoms with Crippen LogP contribution in [0.2, 0.25) is 0 Å². The van der Waals surface area contributed by atoms with Crippen molar-refractivity contribution in [3.63, 3.8) is 0 Å². The van der Waals surface area contributed by atoms with Gasteiger partial charge in [0.1, 0.15) is 0 Å². The second-order valence-electron chi connectivity index (χ2n) is 4.55. The predicted octanol–water partition coefficient (Wildman–Crippen LogP) is 3.47. The molecule has 0 N–H and O–H groups in total. The van der Waals surface area contributed by atoms with Gasteiger partial charge in [0, 0.05) is 23.3 Å². The Bertz CT molecular complexity index is 340. The Kier molecular flexibility index (Phi) is 3.29. The Labute approximate surface area is 99.8 Å². The molecule has 3 heteroatoms. The highest BCUT2D eigenvalue weighted by Crippen LogP contribution is 2.28. The van der Waals surface area contributed by atoms with Crippen molar-refractivity contribution >= 4 is 21.6 Å². The van der Waals surface area contributed by atoms with Crippen molar-refractivity contribution in [2.24, 2.45) is 5.92 Å². The smallest absolute Gasteiger partial charge is 0.0566 e. The standard InChI is InChI=1S/C12H17BrN2/c1-9-3-4-10(2)15(8-9)12-5-11(13)6-14-7-12/h5-7,9-10H,3-4,8H2,1-2H3. The largest absolute Gasteiger partial charge is 0.367 e. The first-order valence-electron chi connectivity index (χ1n) is 5.54. The molecule has 15 heavy (non-hydrogen) atoms. The van der Waals surface area contributed by atoms with E-state index in [4.69, 9.17) is 0 Å². The minimum atomic E-state index is 0.636. The Hall–Kier alpha value is -0.570. The maximum Gasteiger partial charge on any atom is 0.0566 e. The minimum Gasteiger partial charge on any atom is -0.367 e. The van der Waals surface area contributed by atoms with Crippen LogP contribution in [0.3, 0.4) is 0 Å². The Morgan fingerprint density at radius 2 is 2.13 bits per heavy atom. The summed E-state index contributed by atoms with van der Waals surface area (Å²) in [4.78, 5) is 6.69. The number of piperidine rings is 1. The van der Waals surface area contributed by atoms with E-state index in [0.717, 1.165) is 16.9 Å². The fourth-order valence-corrected chi connectivity index (χ4v) is 2.56. The van der Waals surface area contributed by atoms with Gasteiger partial charge in [-0.05, 0) is 47.7 Å². The molecule has 2 rings (SSSR count). The molecule has 2 unspecified atom stereocenters. The van der Waals surface area contributed by atoms with Gasteiger partial charge < -0.3 is 4.90 Å². The van der Waals surface area contributed by atoms with Gasteiger partial charge in [-0.25, -0.2) is 0 Å². The van der Waals surface area contributed by atoms with E-state index in [9.17, 15) is 0 Å². The van der Waals surface area contributed by atoms with E-state index in [-0.39, 0.29) is 0 Å². The van der Waals surface area contributed by atoms with E-state index in [1.165, 1.54) is 18.5 Å². The third-order valence-electron chi connectivity index (χ3n) is 3.14. The van der Waals surface area contributed by atoms with E-state index >= 15 is 0 Å². The number of rotatable bonds is 1. The van der Waals surface area contributed by atoms with E-state index in [2.05, 4.69) is 45.7 Å². The molecule has 0 radical (unpaired) electrons. The number of pyridine rings is 1. The average Bonchev–Trinajstić information content (AvgIpc) is 2.22. The van der Waals surface area contributed by atoms with Crippen LogP contribution < -0.4 is 4.90 Å². The topological polar surface area (TPSA) is 16.1 Å². The Morgan fingerprint density at radius 1 is 1.33 bits per heavy atom. The quantitative estimate of drug-likeness (QED) is 0.776. The summed E-state index contributed by atoms with van der Waals surface area (Å²) >= 11 is 3.47. The van der Waals surface area contributed by atoms with E-state index < -0.39 is 0 Å². The van der Waals surface area contributed by atoms with E-state index in [1.807, 2.05) is 12.4 Å². The van der Waals surface area contributed by atoms with Crippen LogP contribution in [0.4, 0.5) is 5.69 Å². The molecule has 1 saturated heterocycles. The molecule has 0 aliphatic carbocycles. The maximum absolute atomic E-state index is 4.23. The van der Waals surface area contributed by atoms with Gasteiger partial charge in [-0.15, -0.1) is 0 Å². The number of nitrogens with zero attached hydrogens (tertiary/aromatic N) is 2. The maximum atomic E-state index is 4.23. The van der Waals surface area contributed by atoms with Crippen LogP contribution in [0.5, 0.6) is 0 Å². The third kappa shape index (κ3) is 2.51. The molecule has 1 fully saturated rings. The molecule has 2 heterocycles. The SMILES string of the molecule is CC1CCC(C)N(c2cncc(Br)c2)C1. The van der Waals surface area contributed by atoms with Crippen LogP contribution in [-0.2, 0) is 0 Å². The normalized spacial score (nSPS) is 26.7. The molecule has 0 aromatic carbocycles. The van der Waals surface area contributed by atoms with Crippen LogP contribution >= 0.6 is 15.9 Å². The van der Waals surface area contributed by atoms with Crippen molar-refractivity contribution in [2.75, 3.05) is 11.4 Å². The summed E-state index contributed by atoms with van der Waals surface area (Å²) < 4.78 is 1.06. The lowest BCUT2D eigenvalue weighted by molar-refractivity contribution is 0.390. The van der Waals surface area contributed by atoms with E-state index in [1.54, 1.807) is 0 Å². The highest BCUT2D eigenvalue weighted by Gasteiger charge is 2.23. The third-order valence-corrected chi connectivity index (χ3v) is 3.57. The molecule has 0 bridgehead atoms. The number of hydrogen-bond acceptors (Lipinski definition) is 2. The van der Waals surface area contributed by atoms with Gasteiger partial charge >= 0.3 is 0 Å². The van der Waals surface area contributed by atoms with Gasteiger partial charge in [-0.3, -0.25) is 4.98 Å². The predicted molar refractivity (Wildman–Crippen MR) is 67.1 cm³/mol. The van der Waals surface area contributed by atoms with E-state index in [0.29, 0.717) is 6.04 Å². The summed E-state index contributed by atoms with van der Waals surface area (Å²) in [5, 5.41) is 0. The molecule has 2 atom stereocenters. The van der Waals surface area contributed by atoms with Crippen LogP contribution in [0.25, 0.3) is 0 Å². The summed E-state index contributed by atoms with van der Waals surface area (Å²) in [6.07, 6.45) is 6.42. The number of hydrogen-bond donors (Lipinski definition) is 0. The molecule has 2 nitrogen and oxygen atoms in total. The van der Waals surface area contributed by atoms with Crippen molar-refractivity contribution in [1.82, 2.24) is 4.98 Å². The molecule has 0 saturated carbocycles. The lowest BCUT2D eigenvalue weighted by Crippen LogP contribution is -2.41. The minimum absolute atomic E-state index is 0.636. The van der Waals surface area contributed by atoms with Crippen molar-refractivity contribution in [2.45, 2.75) is 32.7 Å². The number of aromatic nitrogens is 1. The molecular weight excluding hydrogens is 252 g/mol. The molecule has 1 aliphatic heterocycles. The van der Waals surface area contributed by atoms with Crippen LogP contribution in [0, 0.1) is 5.92 Å². The Balaban J connectivity index is 2.21. The van der Waals surface area contributed by atoms with Gasteiger partial charge in [0.2, 0.25) is 0 Å². The first kappa shape index (κ1) is 10.9. The molecule has 1 aromatic heterocycles.